The molecule has 1 nitrogen and oxygen atoms in total. The van der Waals surface area contributed by atoms with E-state index < -0.39 is 17.8 Å². The highest BCUT2D eigenvalue weighted by Gasteiger charge is 2.35. The van der Waals surface area contributed by atoms with Crippen molar-refractivity contribution in [2.75, 3.05) is 0 Å². The molecule has 0 aliphatic rings. The van der Waals surface area contributed by atoms with Gasteiger partial charge in [-0.3, -0.25) is 0 Å². The number of aliphatic hydroxyl groups is 1. The normalized spacial score (nSPS) is 13.5. The Balaban J connectivity index is 2.32. The van der Waals surface area contributed by atoms with Crippen LogP contribution in [0.4, 0.5) is 13.2 Å². The first-order valence-electron chi connectivity index (χ1n) is 5.56. The SMILES string of the molecule is OC(Cc1ccc(Cl)s1)c1ccc(Br)cc1C(F)(F)F. The Kier molecular flexibility index (Phi) is 4.79. The summed E-state index contributed by atoms with van der Waals surface area (Å²) in [4.78, 5) is 0.735. The van der Waals surface area contributed by atoms with E-state index in [-0.39, 0.29) is 12.0 Å². The lowest BCUT2D eigenvalue weighted by atomic mass is 9.99. The van der Waals surface area contributed by atoms with E-state index in [0.717, 1.165) is 10.9 Å². The van der Waals surface area contributed by atoms with Crippen LogP contribution < -0.4 is 0 Å². The zero-order valence-electron chi connectivity index (χ0n) is 9.92. The summed E-state index contributed by atoms with van der Waals surface area (Å²) < 4.78 is 39.8. The van der Waals surface area contributed by atoms with Crippen molar-refractivity contribution in [2.45, 2.75) is 18.7 Å². The molecule has 2 aromatic rings. The Morgan fingerprint density at radius 3 is 2.50 bits per heavy atom. The lowest BCUT2D eigenvalue weighted by Gasteiger charge is -2.17. The number of hydrogen-bond acceptors (Lipinski definition) is 2. The highest BCUT2D eigenvalue weighted by atomic mass is 79.9. The molecule has 0 saturated heterocycles. The molecule has 108 valence electrons. The molecule has 1 atom stereocenters. The topological polar surface area (TPSA) is 20.2 Å². The van der Waals surface area contributed by atoms with E-state index in [1.165, 1.54) is 23.5 Å². The minimum atomic E-state index is -4.51. The molecular formula is C13H9BrClF3OS. The summed E-state index contributed by atoms with van der Waals surface area (Å²) in [5.41, 5.74) is -0.966. The lowest BCUT2D eigenvalue weighted by molar-refractivity contribution is -0.139. The Morgan fingerprint density at radius 1 is 1.25 bits per heavy atom. The fourth-order valence-electron chi connectivity index (χ4n) is 1.83. The van der Waals surface area contributed by atoms with Crippen molar-refractivity contribution in [2.24, 2.45) is 0 Å². The van der Waals surface area contributed by atoms with Crippen molar-refractivity contribution >= 4 is 38.9 Å². The van der Waals surface area contributed by atoms with Crippen LogP contribution in [0.15, 0.2) is 34.8 Å². The fourth-order valence-corrected chi connectivity index (χ4v) is 3.31. The van der Waals surface area contributed by atoms with Gasteiger partial charge < -0.3 is 5.11 Å². The van der Waals surface area contributed by atoms with Crippen molar-refractivity contribution in [3.63, 3.8) is 0 Å². The number of thiophene rings is 1. The number of aliphatic hydroxyl groups excluding tert-OH is 1. The molecule has 0 fully saturated rings. The largest absolute Gasteiger partial charge is 0.416 e. The van der Waals surface area contributed by atoms with Gasteiger partial charge in [0.25, 0.3) is 0 Å². The fraction of sp³-hybridized carbons (Fsp3) is 0.231. The van der Waals surface area contributed by atoms with Crippen molar-refractivity contribution in [1.82, 2.24) is 0 Å². The lowest BCUT2D eigenvalue weighted by Crippen LogP contribution is -2.13. The highest BCUT2D eigenvalue weighted by molar-refractivity contribution is 9.10. The summed E-state index contributed by atoms with van der Waals surface area (Å²) in [6.07, 6.45) is -5.63. The van der Waals surface area contributed by atoms with E-state index in [1.54, 1.807) is 12.1 Å². The molecule has 0 saturated carbocycles. The maximum atomic E-state index is 13.0. The molecule has 1 unspecified atom stereocenters. The van der Waals surface area contributed by atoms with Gasteiger partial charge in [0.1, 0.15) is 0 Å². The highest BCUT2D eigenvalue weighted by Crippen LogP contribution is 2.37. The van der Waals surface area contributed by atoms with Gasteiger partial charge in [-0.05, 0) is 29.8 Å². The van der Waals surface area contributed by atoms with Crippen LogP contribution in [0, 0.1) is 0 Å². The van der Waals surface area contributed by atoms with Crippen molar-refractivity contribution in [3.8, 4) is 0 Å². The van der Waals surface area contributed by atoms with Crippen LogP contribution in [0.1, 0.15) is 22.1 Å². The molecule has 1 aromatic carbocycles. The average Bonchev–Trinajstić information content (AvgIpc) is 2.73. The van der Waals surface area contributed by atoms with Crippen molar-refractivity contribution < 1.29 is 18.3 Å². The third kappa shape index (κ3) is 3.75. The summed E-state index contributed by atoms with van der Waals surface area (Å²) in [5.74, 6) is 0. The van der Waals surface area contributed by atoms with Crippen molar-refractivity contribution in [1.29, 1.82) is 0 Å². The summed E-state index contributed by atoms with van der Waals surface area (Å²) >= 11 is 10.0. The van der Waals surface area contributed by atoms with E-state index in [2.05, 4.69) is 15.9 Å². The molecule has 7 heteroatoms. The third-order valence-electron chi connectivity index (χ3n) is 2.70. The first kappa shape index (κ1) is 15.8. The van der Waals surface area contributed by atoms with Gasteiger partial charge in [0.05, 0.1) is 16.0 Å². The van der Waals surface area contributed by atoms with E-state index in [1.807, 2.05) is 0 Å². The van der Waals surface area contributed by atoms with Gasteiger partial charge in [-0.1, -0.05) is 33.6 Å². The third-order valence-corrected chi connectivity index (χ3v) is 4.45. The van der Waals surface area contributed by atoms with Gasteiger partial charge in [0.2, 0.25) is 0 Å². The van der Waals surface area contributed by atoms with E-state index >= 15 is 0 Å². The van der Waals surface area contributed by atoms with Gasteiger partial charge in [-0.15, -0.1) is 11.3 Å². The minimum absolute atomic E-state index is 0.0993. The van der Waals surface area contributed by atoms with Crippen LogP contribution >= 0.6 is 38.9 Å². The Hall–Kier alpha value is -0.560. The molecule has 1 aromatic heterocycles. The molecule has 0 spiro atoms. The van der Waals surface area contributed by atoms with Crippen LogP contribution in [0.25, 0.3) is 0 Å². The summed E-state index contributed by atoms with van der Waals surface area (Å²) in [6, 6.07) is 7.09. The van der Waals surface area contributed by atoms with Crippen LogP contribution in [0.3, 0.4) is 0 Å². The predicted molar refractivity (Wildman–Crippen MR) is 77.1 cm³/mol. The number of benzene rings is 1. The van der Waals surface area contributed by atoms with Crippen LogP contribution in [-0.2, 0) is 12.6 Å². The Labute approximate surface area is 131 Å². The second kappa shape index (κ2) is 6.05. The smallest absolute Gasteiger partial charge is 0.388 e. The Morgan fingerprint density at radius 2 is 1.95 bits per heavy atom. The number of rotatable bonds is 3. The quantitative estimate of drug-likeness (QED) is 0.744. The molecular weight excluding hydrogens is 377 g/mol. The number of halogens is 5. The van der Waals surface area contributed by atoms with Gasteiger partial charge in [-0.2, -0.15) is 13.2 Å². The number of alkyl halides is 3. The molecule has 0 amide bonds. The molecule has 2 rings (SSSR count). The average molecular weight is 386 g/mol. The molecule has 1 N–H and O–H groups in total. The van der Waals surface area contributed by atoms with Gasteiger partial charge in [0.15, 0.2) is 0 Å². The second-order valence-corrected chi connectivity index (χ2v) is 6.87. The first-order valence-corrected chi connectivity index (χ1v) is 7.55. The zero-order valence-corrected chi connectivity index (χ0v) is 13.1. The minimum Gasteiger partial charge on any atom is -0.388 e. The monoisotopic (exact) mass is 384 g/mol. The van der Waals surface area contributed by atoms with Gasteiger partial charge in [-0.25, -0.2) is 0 Å². The van der Waals surface area contributed by atoms with Gasteiger partial charge >= 0.3 is 6.18 Å². The van der Waals surface area contributed by atoms with E-state index in [9.17, 15) is 18.3 Å². The van der Waals surface area contributed by atoms with Gasteiger partial charge in [0, 0.05) is 15.8 Å². The molecule has 0 aliphatic heterocycles. The summed E-state index contributed by atoms with van der Waals surface area (Å²) in [5, 5.41) is 10.1. The molecule has 20 heavy (non-hydrogen) atoms. The van der Waals surface area contributed by atoms with Crippen LogP contribution in [0.5, 0.6) is 0 Å². The molecule has 0 radical (unpaired) electrons. The maximum absolute atomic E-state index is 13.0. The molecule has 0 bridgehead atoms. The summed E-state index contributed by atoms with van der Waals surface area (Å²) in [6.45, 7) is 0. The van der Waals surface area contributed by atoms with Crippen molar-refractivity contribution in [3.05, 3.63) is 55.1 Å². The molecule has 0 aliphatic carbocycles. The summed E-state index contributed by atoms with van der Waals surface area (Å²) in [7, 11) is 0. The van der Waals surface area contributed by atoms with Crippen LogP contribution in [-0.4, -0.2) is 5.11 Å². The predicted octanol–water partition coefficient (Wildman–Crippen LogP) is 5.46. The van der Waals surface area contributed by atoms with E-state index in [0.29, 0.717) is 8.81 Å². The first-order chi connectivity index (χ1) is 9.27. The standard InChI is InChI=1S/C13H9BrClF3OS/c14-7-1-3-9(10(5-7)13(16,17)18)11(19)6-8-2-4-12(15)20-8/h1-5,11,19H,6H2. The zero-order chi connectivity index (χ0) is 14.9. The maximum Gasteiger partial charge on any atom is 0.416 e. The molecule has 1 heterocycles. The van der Waals surface area contributed by atoms with E-state index in [4.69, 9.17) is 11.6 Å². The second-order valence-electron chi connectivity index (χ2n) is 4.16. The number of hydrogen-bond donors (Lipinski definition) is 1. The Bertz CT molecular complexity index is 612. The van der Waals surface area contributed by atoms with Crippen LogP contribution in [0.2, 0.25) is 4.34 Å².